The molecule has 0 radical (unpaired) electrons. The first-order chi connectivity index (χ1) is 6.56. The first kappa shape index (κ1) is 9.48. The van der Waals surface area contributed by atoms with Crippen LogP contribution in [0.1, 0.15) is 5.56 Å². The van der Waals surface area contributed by atoms with Crippen LogP contribution < -0.4 is 0 Å². The second kappa shape index (κ2) is 3.25. The molecule has 0 aliphatic carbocycles. The lowest BCUT2D eigenvalue weighted by atomic mass is 10.2. The van der Waals surface area contributed by atoms with E-state index in [4.69, 9.17) is 15.1 Å². The van der Waals surface area contributed by atoms with E-state index in [0.717, 1.165) is 5.39 Å². The van der Waals surface area contributed by atoms with E-state index in [1.165, 1.54) is 12.5 Å². The fraction of sp³-hybridized carbons (Fsp3) is 0.125. The largest absolute Gasteiger partial charge is 0.462 e. The molecule has 2 heterocycles. The second-order valence-corrected chi connectivity index (χ2v) is 5.59. The van der Waals surface area contributed by atoms with E-state index in [9.17, 15) is 8.42 Å². The topological polar surface area (TPSA) is 60.2 Å². The molecule has 0 saturated heterocycles. The predicted octanol–water partition coefficient (Wildman–Crippen LogP) is 1.90. The van der Waals surface area contributed by atoms with Gasteiger partial charge in [-0.15, -0.1) is 0 Å². The smallest absolute Gasteiger partial charge is 0.236 e. The van der Waals surface area contributed by atoms with Crippen LogP contribution in [0.4, 0.5) is 0 Å². The fourth-order valence-corrected chi connectivity index (χ4v) is 2.18. The molecule has 74 valence electrons. The molecule has 0 bridgehead atoms. The van der Waals surface area contributed by atoms with Gasteiger partial charge in [0.2, 0.25) is 9.05 Å². The molecule has 4 nitrogen and oxygen atoms in total. The number of aromatic nitrogens is 1. The molecule has 0 spiro atoms. The standard InChI is InChI=1S/C8H6ClNO3S/c9-14(11,12)5-6-4-13-8-3-10-2-1-7(6)8/h1-4H,5H2. The molecule has 2 aromatic heterocycles. The molecule has 0 atom stereocenters. The third-order valence-corrected chi connectivity index (χ3v) is 2.77. The van der Waals surface area contributed by atoms with Crippen LogP contribution in [0, 0.1) is 0 Å². The molecule has 0 unspecified atom stereocenters. The van der Waals surface area contributed by atoms with Crippen LogP contribution in [0.5, 0.6) is 0 Å². The van der Waals surface area contributed by atoms with E-state index < -0.39 is 9.05 Å². The summed E-state index contributed by atoms with van der Waals surface area (Å²) in [7, 11) is 1.59. The molecule has 0 N–H and O–H groups in total. The number of fused-ring (bicyclic) bond motifs is 1. The molecular formula is C8H6ClNO3S. The molecule has 0 aliphatic rings. The zero-order valence-corrected chi connectivity index (χ0v) is 8.55. The van der Waals surface area contributed by atoms with Crippen LogP contribution >= 0.6 is 10.7 Å². The summed E-state index contributed by atoms with van der Waals surface area (Å²) < 4.78 is 26.8. The highest BCUT2D eigenvalue weighted by molar-refractivity contribution is 8.13. The van der Waals surface area contributed by atoms with Gasteiger partial charge in [0.15, 0.2) is 5.58 Å². The van der Waals surface area contributed by atoms with Gasteiger partial charge in [0.25, 0.3) is 0 Å². The summed E-state index contributed by atoms with van der Waals surface area (Å²) in [6.45, 7) is 0. The van der Waals surface area contributed by atoms with E-state index in [0.29, 0.717) is 11.1 Å². The van der Waals surface area contributed by atoms with E-state index in [2.05, 4.69) is 4.98 Å². The summed E-state index contributed by atoms with van der Waals surface area (Å²) in [5.74, 6) is -0.231. The zero-order valence-electron chi connectivity index (χ0n) is 6.97. The monoisotopic (exact) mass is 231 g/mol. The summed E-state index contributed by atoms with van der Waals surface area (Å²) in [6.07, 6.45) is 4.48. The molecule has 0 aliphatic heterocycles. The van der Waals surface area contributed by atoms with Crippen molar-refractivity contribution in [2.75, 3.05) is 0 Å². The van der Waals surface area contributed by atoms with Crippen LogP contribution in [-0.4, -0.2) is 13.4 Å². The number of furan rings is 1. The SMILES string of the molecule is O=S(=O)(Cl)Cc1coc2cnccc12. The number of hydrogen-bond acceptors (Lipinski definition) is 4. The van der Waals surface area contributed by atoms with E-state index in [-0.39, 0.29) is 5.75 Å². The van der Waals surface area contributed by atoms with Gasteiger partial charge in [-0.2, -0.15) is 0 Å². The highest BCUT2D eigenvalue weighted by atomic mass is 35.7. The average molecular weight is 232 g/mol. The third-order valence-electron chi connectivity index (χ3n) is 1.79. The Kier molecular flexibility index (Phi) is 2.20. The molecule has 0 fully saturated rings. The van der Waals surface area contributed by atoms with Gasteiger partial charge >= 0.3 is 0 Å². The first-order valence-electron chi connectivity index (χ1n) is 3.79. The van der Waals surface area contributed by atoms with Crippen molar-refractivity contribution in [1.82, 2.24) is 4.98 Å². The minimum absolute atomic E-state index is 0.231. The van der Waals surface area contributed by atoms with Crippen molar-refractivity contribution < 1.29 is 12.8 Å². The minimum atomic E-state index is -3.55. The minimum Gasteiger partial charge on any atom is -0.462 e. The maximum absolute atomic E-state index is 10.9. The zero-order chi connectivity index (χ0) is 10.2. The van der Waals surface area contributed by atoms with Crippen molar-refractivity contribution in [3.63, 3.8) is 0 Å². The van der Waals surface area contributed by atoms with Gasteiger partial charge in [-0.05, 0) is 6.07 Å². The molecule has 2 rings (SSSR count). The predicted molar refractivity (Wildman–Crippen MR) is 52.5 cm³/mol. The lowest BCUT2D eigenvalue weighted by Crippen LogP contribution is -1.93. The van der Waals surface area contributed by atoms with Crippen LogP contribution in [0.3, 0.4) is 0 Å². The van der Waals surface area contributed by atoms with Gasteiger partial charge in [-0.1, -0.05) is 0 Å². The Labute approximate surface area is 84.9 Å². The van der Waals surface area contributed by atoms with Crippen molar-refractivity contribution in [2.24, 2.45) is 0 Å². The van der Waals surface area contributed by atoms with Crippen molar-refractivity contribution in [3.05, 3.63) is 30.3 Å². The Balaban J connectivity index is 2.54. The lowest BCUT2D eigenvalue weighted by molar-refractivity contribution is 0.601. The first-order valence-corrected chi connectivity index (χ1v) is 6.26. The average Bonchev–Trinajstić information content (AvgIpc) is 2.47. The van der Waals surface area contributed by atoms with Crippen molar-refractivity contribution in [2.45, 2.75) is 5.75 Å². The molecule has 14 heavy (non-hydrogen) atoms. The Hall–Kier alpha value is -1.07. The fourth-order valence-electron chi connectivity index (χ4n) is 1.23. The maximum atomic E-state index is 10.9. The highest BCUT2D eigenvalue weighted by Gasteiger charge is 2.12. The van der Waals surface area contributed by atoms with Gasteiger partial charge in [-0.25, -0.2) is 8.42 Å². The quantitative estimate of drug-likeness (QED) is 0.741. The Bertz CT molecular complexity index is 561. The number of halogens is 1. The third kappa shape index (κ3) is 1.88. The summed E-state index contributed by atoms with van der Waals surface area (Å²) in [5.41, 5.74) is 1.11. The van der Waals surface area contributed by atoms with Crippen LogP contribution in [0.2, 0.25) is 0 Å². The number of nitrogens with zero attached hydrogens (tertiary/aromatic N) is 1. The number of rotatable bonds is 2. The summed E-state index contributed by atoms with van der Waals surface area (Å²) in [6, 6.07) is 1.69. The Morgan fingerprint density at radius 2 is 2.29 bits per heavy atom. The van der Waals surface area contributed by atoms with Gasteiger partial charge in [0, 0.05) is 27.8 Å². The van der Waals surface area contributed by atoms with Gasteiger partial charge in [-0.3, -0.25) is 4.98 Å². The van der Waals surface area contributed by atoms with E-state index in [1.807, 2.05) is 0 Å². The molecule has 0 amide bonds. The van der Waals surface area contributed by atoms with Gasteiger partial charge in [0.1, 0.15) is 0 Å². The second-order valence-electron chi connectivity index (χ2n) is 2.82. The van der Waals surface area contributed by atoms with E-state index >= 15 is 0 Å². The molecule has 2 aromatic rings. The summed E-state index contributed by atoms with van der Waals surface area (Å²) in [5, 5.41) is 0.726. The highest BCUT2D eigenvalue weighted by Crippen LogP contribution is 2.22. The summed E-state index contributed by atoms with van der Waals surface area (Å²) >= 11 is 0. The van der Waals surface area contributed by atoms with Crippen molar-refractivity contribution >= 4 is 30.7 Å². The molecular weight excluding hydrogens is 226 g/mol. The van der Waals surface area contributed by atoms with Crippen LogP contribution in [-0.2, 0) is 14.8 Å². The Morgan fingerprint density at radius 3 is 3.00 bits per heavy atom. The van der Waals surface area contributed by atoms with Crippen LogP contribution in [0.15, 0.2) is 29.1 Å². The van der Waals surface area contributed by atoms with Gasteiger partial charge < -0.3 is 4.42 Å². The normalized spacial score (nSPS) is 12.1. The summed E-state index contributed by atoms with van der Waals surface area (Å²) in [4.78, 5) is 3.85. The molecule has 0 aromatic carbocycles. The van der Waals surface area contributed by atoms with E-state index in [1.54, 1.807) is 12.3 Å². The molecule has 0 saturated carbocycles. The van der Waals surface area contributed by atoms with Gasteiger partial charge in [0.05, 0.1) is 18.2 Å². The maximum Gasteiger partial charge on any atom is 0.236 e. The number of hydrogen-bond donors (Lipinski definition) is 0. The Morgan fingerprint density at radius 1 is 1.50 bits per heavy atom. The number of pyridine rings is 1. The lowest BCUT2D eigenvalue weighted by Gasteiger charge is -1.92. The molecule has 6 heteroatoms. The van der Waals surface area contributed by atoms with Crippen LogP contribution in [0.25, 0.3) is 11.0 Å². The van der Waals surface area contributed by atoms with Crippen molar-refractivity contribution in [1.29, 1.82) is 0 Å². The van der Waals surface area contributed by atoms with Crippen molar-refractivity contribution in [3.8, 4) is 0 Å².